The molecule has 1 aromatic carbocycles. The number of carbonyl (C=O) groups is 1. The average molecular weight is 482 g/mol. The zero-order chi connectivity index (χ0) is 24.8. The molecule has 0 N–H and O–H groups in total. The number of amides is 1. The van der Waals surface area contributed by atoms with Crippen molar-refractivity contribution in [1.29, 1.82) is 5.26 Å². The van der Waals surface area contributed by atoms with Crippen molar-refractivity contribution in [2.24, 2.45) is 5.92 Å². The molecular formula is C29H31N5O2. The van der Waals surface area contributed by atoms with Gasteiger partial charge in [0.05, 0.1) is 23.3 Å². The molecule has 7 heteroatoms. The maximum absolute atomic E-state index is 13.0. The molecule has 2 saturated carbocycles. The van der Waals surface area contributed by atoms with E-state index >= 15 is 0 Å². The number of fused-ring (bicyclic) bond motifs is 1. The van der Waals surface area contributed by atoms with E-state index in [0.29, 0.717) is 37.7 Å². The number of ether oxygens (including phenoxy) is 1. The maximum Gasteiger partial charge on any atom is 0.228 e. The molecule has 1 amide bonds. The maximum atomic E-state index is 13.0. The zero-order valence-corrected chi connectivity index (χ0v) is 20.9. The number of nitriles is 1. The number of pyridine rings is 2. The van der Waals surface area contributed by atoms with E-state index in [4.69, 9.17) is 9.72 Å². The Hall–Kier alpha value is -3.50. The Balaban J connectivity index is 1.31. The minimum Gasteiger partial charge on any atom is -0.378 e. The van der Waals surface area contributed by atoms with E-state index in [0.717, 1.165) is 52.7 Å². The highest BCUT2D eigenvalue weighted by Crippen LogP contribution is 2.46. The van der Waals surface area contributed by atoms with Crippen molar-refractivity contribution in [3.8, 4) is 17.2 Å². The summed E-state index contributed by atoms with van der Waals surface area (Å²) >= 11 is 0. The Morgan fingerprint density at radius 2 is 2.08 bits per heavy atom. The second-order valence-corrected chi connectivity index (χ2v) is 10.2. The summed E-state index contributed by atoms with van der Waals surface area (Å²) < 4.78 is 5.64. The second-order valence-electron chi connectivity index (χ2n) is 10.2. The third-order valence-corrected chi connectivity index (χ3v) is 7.73. The van der Waals surface area contributed by atoms with Crippen molar-refractivity contribution in [3.05, 3.63) is 54.0 Å². The van der Waals surface area contributed by atoms with Crippen LogP contribution in [-0.4, -0.2) is 59.2 Å². The van der Waals surface area contributed by atoms with Gasteiger partial charge in [0, 0.05) is 61.5 Å². The normalized spacial score (nSPS) is 23.5. The number of hydrogen-bond donors (Lipinski definition) is 0. The number of aromatic nitrogens is 2. The summed E-state index contributed by atoms with van der Waals surface area (Å²) in [6, 6.07) is 12.8. The summed E-state index contributed by atoms with van der Waals surface area (Å²) in [6.07, 6.45) is 6.85. The highest BCUT2D eigenvalue weighted by Gasteiger charge is 2.47. The average Bonchev–Trinajstić information content (AvgIpc) is 3.83. The van der Waals surface area contributed by atoms with Gasteiger partial charge in [-0.05, 0) is 56.2 Å². The van der Waals surface area contributed by atoms with Crippen LogP contribution in [0.25, 0.3) is 21.9 Å². The topological polar surface area (TPSA) is 82.3 Å². The summed E-state index contributed by atoms with van der Waals surface area (Å²) in [5.74, 6) is 1.38. The van der Waals surface area contributed by atoms with Crippen LogP contribution < -0.4 is 4.90 Å². The fourth-order valence-electron chi connectivity index (χ4n) is 5.60. The molecule has 3 heterocycles. The highest BCUT2D eigenvalue weighted by molar-refractivity contribution is 5.97. The summed E-state index contributed by atoms with van der Waals surface area (Å²) in [5, 5.41) is 12.3. The second kappa shape index (κ2) is 9.18. The van der Waals surface area contributed by atoms with Gasteiger partial charge in [0.2, 0.25) is 5.91 Å². The lowest BCUT2D eigenvalue weighted by Crippen LogP contribution is -2.55. The minimum absolute atomic E-state index is 0.00314. The van der Waals surface area contributed by atoms with E-state index in [9.17, 15) is 10.1 Å². The molecule has 3 fully saturated rings. The van der Waals surface area contributed by atoms with Crippen LogP contribution in [-0.2, 0) is 9.53 Å². The van der Waals surface area contributed by atoms with Gasteiger partial charge in [0.1, 0.15) is 11.9 Å². The van der Waals surface area contributed by atoms with E-state index < -0.39 is 0 Å². The summed E-state index contributed by atoms with van der Waals surface area (Å²) in [7, 11) is 0. The van der Waals surface area contributed by atoms with Crippen molar-refractivity contribution >= 4 is 22.5 Å². The SMILES string of the molecule is CCO[C@@H]1C[C@@H]1C(=O)N1CCN(c2nc(C3CC3)c(-c3cccc4cnccc34)cc2C#N)C[C@H]1C. The Morgan fingerprint density at radius 1 is 1.22 bits per heavy atom. The van der Waals surface area contributed by atoms with E-state index in [2.05, 4.69) is 35.0 Å². The lowest BCUT2D eigenvalue weighted by molar-refractivity contribution is -0.136. The van der Waals surface area contributed by atoms with Crippen LogP contribution >= 0.6 is 0 Å². The van der Waals surface area contributed by atoms with E-state index in [-0.39, 0.29) is 24.0 Å². The first-order chi connectivity index (χ1) is 17.6. The van der Waals surface area contributed by atoms with Crippen LogP contribution in [0.3, 0.4) is 0 Å². The Kier molecular flexibility index (Phi) is 5.85. The molecule has 7 nitrogen and oxygen atoms in total. The van der Waals surface area contributed by atoms with Gasteiger partial charge < -0.3 is 14.5 Å². The van der Waals surface area contributed by atoms with Gasteiger partial charge in [-0.1, -0.05) is 18.2 Å². The molecule has 0 unspecified atom stereocenters. The van der Waals surface area contributed by atoms with Crippen LogP contribution in [0.4, 0.5) is 5.82 Å². The van der Waals surface area contributed by atoms with Gasteiger partial charge in [-0.3, -0.25) is 9.78 Å². The van der Waals surface area contributed by atoms with E-state index in [1.807, 2.05) is 42.4 Å². The molecule has 6 rings (SSSR count). The summed E-state index contributed by atoms with van der Waals surface area (Å²) in [4.78, 5) is 26.7. The number of piperazine rings is 1. The van der Waals surface area contributed by atoms with Gasteiger partial charge >= 0.3 is 0 Å². The third kappa shape index (κ3) is 4.10. The molecule has 2 aliphatic carbocycles. The van der Waals surface area contributed by atoms with Crippen molar-refractivity contribution < 1.29 is 9.53 Å². The number of rotatable bonds is 6. The predicted octanol–water partition coefficient (Wildman–Crippen LogP) is 4.51. The van der Waals surface area contributed by atoms with Gasteiger partial charge in [0.25, 0.3) is 0 Å². The largest absolute Gasteiger partial charge is 0.378 e. The molecule has 2 aromatic heterocycles. The molecule has 1 aliphatic heterocycles. The number of nitrogens with zero attached hydrogens (tertiary/aromatic N) is 5. The fourth-order valence-corrected chi connectivity index (χ4v) is 5.60. The Labute approximate surface area is 211 Å². The first-order valence-electron chi connectivity index (χ1n) is 13.0. The van der Waals surface area contributed by atoms with Gasteiger partial charge in [-0.15, -0.1) is 0 Å². The zero-order valence-electron chi connectivity index (χ0n) is 20.9. The molecule has 0 bridgehead atoms. The lowest BCUT2D eigenvalue weighted by atomic mass is 9.95. The van der Waals surface area contributed by atoms with Crippen molar-refractivity contribution in [3.63, 3.8) is 0 Å². The molecule has 3 atom stereocenters. The lowest BCUT2D eigenvalue weighted by Gasteiger charge is -2.41. The fraction of sp³-hybridized carbons (Fsp3) is 0.448. The Morgan fingerprint density at radius 3 is 2.83 bits per heavy atom. The molecule has 3 aliphatic rings. The third-order valence-electron chi connectivity index (χ3n) is 7.73. The molecule has 36 heavy (non-hydrogen) atoms. The van der Waals surface area contributed by atoms with E-state index in [1.165, 1.54) is 0 Å². The van der Waals surface area contributed by atoms with Crippen LogP contribution in [0.2, 0.25) is 0 Å². The van der Waals surface area contributed by atoms with Crippen molar-refractivity contribution in [1.82, 2.24) is 14.9 Å². The van der Waals surface area contributed by atoms with Crippen molar-refractivity contribution in [2.45, 2.75) is 51.2 Å². The monoisotopic (exact) mass is 481 g/mol. The first-order valence-corrected chi connectivity index (χ1v) is 13.0. The number of carbonyl (C=O) groups excluding carboxylic acids is 1. The number of anilines is 1. The van der Waals surface area contributed by atoms with Crippen LogP contribution in [0.15, 0.2) is 42.7 Å². The number of benzene rings is 1. The van der Waals surface area contributed by atoms with Crippen LogP contribution in [0.1, 0.15) is 50.3 Å². The van der Waals surface area contributed by atoms with Gasteiger partial charge in [-0.2, -0.15) is 5.26 Å². The molecule has 0 spiro atoms. The first kappa shape index (κ1) is 22.9. The number of hydrogen-bond acceptors (Lipinski definition) is 6. The highest BCUT2D eigenvalue weighted by atomic mass is 16.5. The van der Waals surface area contributed by atoms with Crippen LogP contribution in [0.5, 0.6) is 0 Å². The van der Waals surface area contributed by atoms with Crippen LogP contribution in [0, 0.1) is 17.2 Å². The summed E-state index contributed by atoms with van der Waals surface area (Å²) in [5.41, 5.74) is 3.82. The standard InChI is InChI=1S/C29H31N5O2/c1-3-36-26-14-25(26)29(35)34-12-11-33(17-18(34)2)28-21(15-30)13-24(27(32-28)19-7-8-19)23-6-4-5-20-16-31-10-9-22(20)23/h4-6,9-10,13,16,18-19,25-26H,3,7-8,11-12,14,17H2,1-2H3/t18-,25+,26-/m1/s1. The molecule has 3 aromatic rings. The smallest absolute Gasteiger partial charge is 0.228 e. The molecular weight excluding hydrogens is 450 g/mol. The quantitative estimate of drug-likeness (QED) is 0.515. The van der Waals surface area contributed by atoms with Gasteiger partial charge in [-0.25, -0.2) is 4.98 Å². The van der Waals surface area contributed by atoms with Crippen molar-refractivity contribution in [2.75, 3.05) is 31.1 Å². The molecule has 0 radical (unpaired) electrons. The predicted molar refractivity (Wildman–Crippen MR) is 139 cm³/mol. The van der Waals surface area contributed by atoms with E-state index in [1.54, 1.807) is 0 Å². The minimum atomic E-state index is 0.00314. The molecule has 184 valence electrons. The Bertz CT molecular complexity index is 1360. The summed E-state index contributed by atoms with van der Waals surface area (Å²) in [6.45, 7) is 6.69. The molecule has 1 saturated heterocycles. The van der Waals surface area contributed by atoms with Gasteiger partial charge in [0.15, 0.2) is 0 Å².